The van der Waals surface area contributed by atoms with Crippen LogP contribution in [-0.2, 0) is 11.2 Å². The molecule has 0 aromatic heterocycles. The predicted molar refractivity (Wildman–Crippen MR) is 79.7 cm³/mol. The molecule has 0 aliphatic heterocycles. The molecule has 0 saturated carbocycles. The lowest BCUT2D eigenvalue weighted by atomic mass is 10.1. The van der Waals surface area contributed by atoms with Crippen LogP contribution in [0.25, 0.3) is 0 Å². The summed E-state index contributed by atoms with van der Waals surface area (Å²) < 4.78 is 41.8. The zero-order valence-corrected chi connectivity index (χ0v) is 12.4. The summed E-state index contributed by atoms with van der Waals surface area (Å²) in [6.07, 6.45) is 0.0370. The van der Waals surface area contributed by atoms with Crippen molar-refractivity contribution >= 4 is 5.91 Å². The lowest BCUT2D eigenvalue weighted by molar-refractivity contribution is -0.121. The summed E-state index contributed by atoms with van der Waals surface area (Å²) in [6.45, 7) is -1.17. The number of amides is 1. The zero-order chi connectivity index (χ0) is 16.8. The average Bonchev–Trinajstić information content (AvgIpc) is 2.46. The molecule has 1 N–H and O–H groups in total. The number of halogens is 3. The third kappa shape index (κ3) is 5.32. The van der Waals surface area contributed by atoms with Gasteiger partial charge in [0.2, 0.25) is 5.91 Å². The van der Waals surface area contributed by atoms with Gasteiger partial charge in [-0.05, 0) is 42.3 Å². The number of alkyl halides is 2. The number of benzene rings is 2. The molecular weight excluding hydrogens is 307 g/mol. The first-order chi connectivity index (χ1) is 10.9. The molecule has 2 aromatic carbocycles. The first-order valence-corrected chi connectivity index (χ1v) is 7.02. The van der Waals surface area contributed by atoms with Crippen molar-refractivity contribution in [1.29, 1.82) is 0 Å². The highest BCUT2D eigenvalue weighted by Crippen LogP contribution is 2.20. The fourth-order valence-electron chi connectivity index (χ4n) is 2.17. The average molecular weight is 323 g/mol. The molecule has 2 aromatic rings. The third-order valence-electron chi connectivity index (χ3n) is 3.21. The van der Waals surface area contributed by atoms with Gasteiger partial charge in [-0.15, -0.1) is 0 Å². The molecule has 2 rings (SSSR count). The largest absolute Gasteiger partial charge is 0.435 e. The standard InChI is InChI=1S/C17H16F3NO2/c1-11(13-5-3-7-15(10-13)23-17(19)20)21-16(22)9-12-4-2-6-14(18)8-12/h2-8,10-11,17H,9H2,1H3,(H,21,22). The van der Waals surface area contributed by atoms with Gasteiger partial charge in [0.1, 0.15) is 11.6 Å². The van der Waals surface area contributed by atoms with Crippen LogP contribution in [0.15, 0.2) is 48.5 Å². The Kier molecular flexibility index (Phi) is 5.62. The van der Waals surface area contributed by atoms with E-state index in [4.69, 9.17) is 0 Å². The molecule has 1 atom stereocenters. The minimum atomic E-state index is -2.90. The molecule has 23 heavy (non-hydrogen) atoms. The van der Waals surface area contributed by atoms with Crippen LogP contribution in [0, 0.1) is 5.82 Å². The predicted octanol–water partition coefficient (Wildman–Crippen LogP) is 3.85. The quantitative estimate of drug-likeness (QED) is 0.877. The molecule has 0 heterocycles. The molecule has 0 aliphatic rings. The van der Waals surface area contributed by atoms with Crippen LogP contribution in [0.5, 0.6) is 5.75 Å². The summed E-state index contributed by atoms with van der Waals surface area (Å²) >= 11 is 0. The van der Waals surface area contributed by atoms with Crippen LogP contribution in [0.3, 0.4) is 0 Å². The zero-order valence-electron chi connectivity index (χ0n) is 12.4. The van der Waals surface area contributed by atoms with Crippen molar-refractivity contribution in [3.8, 4) is 5.75 Å². The van der Waals surface area contributed by atoms with E-state index < -0.39 is 18.5 Å². The van der Waals surface area contributed by atoms with Crippen molar-refractivity contribution in [2.45, 2.75) is 26.0 Å². The van der Waals surface area contributed by atoms with Crippen LogP contribution in [0.4, 0.5) is 13.2 Å². The Bertz CT molecular complexity index is 676. The van der Waals surface area contributed by atoms with E-state index >= 15 is 0 Å². The van der Waals surface area contributed by atoms with E-state index in [-0.39, 0.29) is 18.1 Å². The molecule has 0 aliphatic carbocycles. The van der Waals surface area contributed by atoms with Crippen molar-refractivity contribution in [2.75, 3.05) is 0 Å². The smallest absolute Gasteiger partial charge is 0.387 e. The topological polar surface area (TPSA) is 38.3 Å². The highest BCUT2D eigenvalue weighted by atomic mass is 19.3. The van der Waals surface area contributed by atoms with Gasteiger partial charge in [-0.1, -0.05) is 24.3 Å². The first kappa shape index (κ1) is 16.9. The molecule has 0 bridgehead atoms. The second-order valence-electron chi connectivity index (χ2n) is 5.05. The highest BCUT2D eigenvalue weighted by Gasteiger charge is 2.12. The number of nitrogens with one attached hydrogen (secondary N) is 1. The fourth-order valence-corrected chi connectivity index (χ4v) is 2.17. The second-order valence-corrected chi connectivity index (χ2v) is 5.05. The number of ether oxygens (including phenoxy) is 1. The van der Waals surface area contributed by atoms with Gasteiger partial charge in [-0.2, -0.15) is 8.78 Å². The molecule has 0 saturated heterocycles. The number of carbonyl (C=O) groups excluding carboxylic acids is 1. The van der Waals surface area contributed by atoms with Gasteiger partial charge in [-0.3, -0.25) is 4.79 Å². The summed E-state index contributed by atoms with van der Waals surface area (Å²) in [5.74, 6) is -0.660. The van der Waals surface area contributed by atoms with Crippen LogP contribution in [-0.4, -0.2) is 12.5 Å². The Morgan fingerprint density at radius 3 is 2.61 bits per heavy atom. The minimum Gasteiger partial charge on any atom is -0.435 e. The summed E-state index contributed by atoms with van der Waals surface area (Å²) in [7, 11) is 0. The van der Waals surface area contributed by atoms with Crippen LogP contribution >= 0.6 is 0 Å². The van der Waals surface area contributed by atoms with E-state index in [2.05, 4.69) is 10.1 Å². The van der Waals surface area contributed by atoms with E-state index in [1.54, 1.807) is 25.1 Å². The fraction of sp³-hybridized carbons (Fsp3) is 0.235. The van der Waals surface area contributed by atoms with Crippen molar-refractivity contribution in [2.24, 2.45) is 0 Å². The molecule has 6 heteroatoms. The van der Waals surface area contributed by atoms with E-state index in [9.17, 15) is 18.0 Å². The summed E-state index contributed by atoms with van der Waals surface area (Å²) in [5.41, 5.74) is 1.19. The highest BCUT2D eigenvalue weighted by molar-refractivity contribution is 5.79. The molecule has 1 amide bonds. The number of rotatable bonds is 6. The SMILES string of the molecule is CC(NC(=O)Cc1cccc(F)c1)c1cccc(OC(F)F)c1. The molecular formula is C17H16F3NO2. The van der Waals surface area contributed by atoms with Crippen LogP contribution in [0.2, 0.25) is 0 Å². The summed E-state index contributed by atoms with van der Waals surface area (Å²) in [5, 5.41) is 2.74. The number of hydrogen-bond acceptors (Lipinski definition) is 2. The monoisotopic (exact) mass is 323 g/mol. The minimum absolute atomic E-state index is 0.0312. The van der Waals surface area contributed by atoms with Crippen molar-refractivity contribution in [3.63, 3.8) is 0 Å². The van der Waals surface area contributed by atoms with Crippen molar-refractivity contribution < 1.29 is 22.7 Å². The summed E-state index contributed by atoms with van der Waals surface area (Å²) in [6, 6.07) is 11.5. The van der Waals surface area contributed by atoms with Gasteiger partial charge >= 0.3 is 6.61 Å². The summed E-state index contributed by atoms with van der Waals surface area (Å²) in [4.78, 5) is 12.0. The Hall–Kier alpha value is -2.50. The Morgan fingerprint density at radius 1 is 1.17 bits per heavy atom. The van der Waals surface area contributed by atoms with Crippen molar-refractivity contribution in [3.05, 3.63) is 65.5 Å². The van der Waals surface area contributed by atoms with Gasteiger partial charge in [0.25, 0.3) is 0 Å². The Labute approximate surface area is 132 Å². The maximum Gasteiger partial charge on any atom is 0.387 e. The first-order valence-electron chi connectivity index (χ1n) is 7.02. The van der Waals surface area contributed by atoms with Crippen LogP contribution < -0.4 is 10.1 Å². The van der Waals surface area contributed by atoms with E-state index in [0.717, 1.165) is 0 Å². The Morgan fingerprint density at radius 2 is 1.91 bits per heavy atom. The van der Waals surface area contributed by atoms with Gasteiger partial charge in [0, 0.05) is 0 Å². The maximum atomic E-state index is 13.1. The van der Waals surface area contributed by atoms with Gasteiger partial charge < -0.3 is 10.1 Å². The maximum absolute atomic E-state index is 13.1. The van der Waals surface area contributed by atoms with E-state index in [0.29, 0.717) is 11.1 Å². The van der Waals surface area contributed by atoms with E-state index in [1.165, 1.54) is 30.3 Å². The molecule has 1 unspecified atom stereocenters. The molecule has 122 valence electrons. The van der Waals surface area contributed by atoms with Gasteiger partial charge in [0.05, 0.1) is 12.5 Å². The molecule has 0 fully saturated rings. The van der Waals surface area contributed by atoms with Crippen molar-refractivity contribution in [1.82, 2.24) is 5.32 Å². The third-order valence-corrected chi connectivity index (χ3v) is 3.21. The number of carbonyl (C=O) groups is 1. The molecule has 3 nitrogen and oxygen atoms in total. The Balaban J connectivity index is 1.98. The second kappa shape index (κ2) is 7.67. The van der Waals surface area contributed by atoms with Crippen LogP contribution in [0.1, 0.15) is 24.1 Å². The molecule has 0 radical (unpaired) electrons. The van der Waals surface area contributed by atoms with Gasteiger partial charge in [-0.25, -0.2) is 4.39 Å². The van der Waals surface area contributed by atoms with Gasteiger partial charge in [0.15, 0.2) is 0 Å². The lowest BCUT2D eigenvalue weighted by Gasteiger charge is -2.15. The lowest BCUT2D eigenvalue weighted by Crippen LogP contribution is -2.28. The normalized spacial score (nSPS) is 12.0. The molecule has 0 spiro atoms. The van der Waals surface area contributed by atoms with E-state index in [1.807, 2.05) is 0 Å². The number of hydrogen-bond donors (Lipinski definition) is 1.